The lowest BCUT2D eigenvalue weighted by Crippen LogP contribution is -2.37. The van der Waals surface area contributed by atoms with Crippen LogP contribution in [0.4, 0.5) is 13.2 Å². The zero-order valence-electron chi connectivity index (χ0n) is 21.3. The lowest BCUT2D eigenvalue weighted by molar-refractivity contribution is -0.136. The largest absolute Gasteiger partial charge is 0.422 e. The first-order valence-electron chi connectivity index (χ1n) is 13.0. The molecule has 2 heterocycles. The molecule has 0 saturated heterocycles. The first-order valence-corrected chi connectivity index (χ1v) is 14.9. The Morgan fingerprint density at radius 1 is 1.15 bits per heavy atom. The molecule has 2 atom stereocenters. The number of hydrogen-bond donors (Lipinski definition) is 3. The van der Waals surface area contributed by atoms with Gasteiger partial charge in [-0.25, -0.2) is 4.98 Å². The van der Waals surface area contributed by atoms with Crippen molar-refractivity contribution in [3.05, 3.63) is 70.9 Å². The van der Waals surface area contributed by atoms with Gasteiger partial charge in [0.25, 0.3) is 0 Å². The van der Waals surface area contributed by atoms with E-state index in [2.05, 4.69) is 22.3 Å². The summed E-state index contributed by atoms with van der Waals surface area (Å²) in [4.78, 5) is 23.4. The van der Waals surface area contributed by atoms with Crippen molar-refractivity contribution in [2.75, 3.05) is 6.61 Å². The first-order chi connectivity index (χ1) is 19.1. The molecule has 4 N–H and O–H groups in total. The molecule has 12 heteroatoms. The number of nitrogens with zero attached hydrogens (tertiary/aromatic N) is 2. The van der Waals surface area contributed by atoms with Crippen molar-refractivity contribution in [1.82, 2.24) is 10.1 Å². The Hall–Kier alpha value is -2.66. The molecule has 2 aromatic carbocycles. The van der Waals surface area contributed by atoms with E-state index in [4.69, 9.17) is 24.6 Å². The average molecular weight is 590 g/mol. The Kier molecular flexibility index (Phi) is 7.31. The van der Waals surface area contributed by atoms with Crippen LogP contribution in [0, 0.1) is 0 Å². The monoisotopic (exact) mass is 589 g/mol. The number of benzene rings is 2. The fourth-order valence-corrected chi connectivity index (χ4v) is 7.28. The maximum absolute atomic E-state index is 14.2. The molecule has 1 saturated carbocycles. The summed E-state index contributed by atoms with van der Waals surface area (Å²) < 4.78 is 52.9. The molecule has 2 aliphatic rings. The normalized spacial score (nSPS) is 20.6. The molecule has 0 spiro atoms. The fourth-order valence-electron chi connectivity index (χ4n) is 5.87. The topological polar surface area (TPSA) is 115 Å². The summed E-state index contributed by atoms with van der Waals surface area (Å²) in [5, 5.41) is 3.97. The standard InChI is InChI=1S/C28H27F3N3O4PS/c29-28(30,31)22-23(16-4-2-1-3-5-16)34-38-24(22)26-33-21-9-7-18-14-17(6-8-20(18)25(21)40-26)19-10-11-27(32,15-19)12-13-37-39(35)36/h1-6,8,14,19,35-36H,7,9-13,15,32H2. The van der Waals surface area contributed by atoms with Gasteiger partial charge in [-0.3, -0.25) is 0 Å². The van der Waals surface area contributed by atoms with Gasteiger partial charge >= 0.3 is 14.8 Å². The van der Waals surface area contributed by atoms with Crippen LogP contribution < -0.4 is 5.73 Å². The van der Waals surface area contributed by atoms with Crippen LogP contribution in [-0.4, -0.2) is 32.1 Å². The van der Waals surface area contributed by atoms with Crippen LogP contribution in [0.3, 0.4) is 0 Å². The first kappa shape index (κ1) is 27.5. The van der Waals surface area contributed by atoms with Crippen molar-refractivity contribution in [2.24, 2.45) is 5.73 Å². The van der Waals surface area contributed by atoms with E-state index in [-0.39, 0.29) is 29.0 Å². The van der Waals surface area contributed by atoms with E-state index in [1.807, 2.05) is 6.07 Å². The van der Waals surface area contributed by atoms with E-state index in [1.54, 1.807) is 30.3 Å². The van der Waals surface area contributed by atoms with Crippen molar-refractivity contribution in [2.45, 2.75) is 56.2 Å². The highest BCUT2D eigenvalue weighted by atomic mass is 32.1. The van der Waals surface area contributed by atoms with Gasteiger partial charge in [-0.2, -0.15) is 13.2 Å². The molecule has 2 aliphatic carbocycles. The number of hydrogen-bond acceptors (Lipinski definition) is 8. The van der Waals surface area contributed by atoms with Gasteiger partial charge < -0.3 is 24.6 Å². The maximum Gasteiger partial charge on any atom is 0.422 e. The Morgan fingerprint density at radius 2 is 1.95 bits per heavy atom. The quantitative estimate of drug-likeness (QED) is 0.202. The van der Waals surface area contributed by atoms with E-state index in [9.17, 15) is 13.2 Å². The van der Waals surface area contributed by atoms with E-state index < -0.39 is 25.9 Å². The molecule has 2 unspecified atom stereocenters. The molecule has 7 nitrogen and oxygen atoms in total. The number of aromatic nitrogens is 2. The Balaban J connectivity index is 1.27. The van der Waals surface area contributed by atoms with E-state index >= 15 is 0 Å². The zero-order chi connectivity index (χ0) is 28.1. The summed E-state index contributed by atoms with van der Waals surface area (Å²) in [6, 6.07) is 14.5. The maximum atomic E-state index is 14.2. The Morgan fingerprint density at radius 3 is 2.70 bits per heavy atom. The van der Waals surface area contributed by atoms with E-state index in [1.165, 1.54) is 16.9 Å². The number of fused-ring (bicyclic) bond motifs is 3. The van der Waals surface area contributed by atoms with Gasteiger partial charge in [-0.1, -0.05) is 53.7 Å². The highest BCUT2D eigenvalue weighted by Crippen LogP contribution is 2.48. The van der Waals surface area contributed by atoms with Crippen molar-refractivity contribution in [1.29, 1.82) is 0 Å². The van der Waals surface area contributed by atoms with Crippen LogP contribution in [0.25, 0.3) is 32.5 Å². The predicted octanol–water partition coefficient (Wildman–Crippen LogP) is 6.83. The minimum Gasteiger partial charge on any atom is -0.352 e. The molecule has 0 amide bonds. The van der Waals surface area contributed by atoms with Crippen molar-refractivity contribution < 1.29 is 32.0 Å². The summed E-state index contributed by atoms with van der Waals surface area (Å²) in [5.41, 5.74) is 9.41. The molecule has 4 aromatic rings. The lowest BCUT2D eigenvalue weighted by Gasteiger charge is -2.24. The third kappa shape index (κ3) is 5.34. The summed E-state index contributed by atoms with van der Waals surface area (Å²) in [6.07, 6.45) is -0.236. The third-order valence-electron chi connectivity index (χ3n) is 7.84. The van der Waals surface area contributed by atoms with Gasteiger partial charge in [0, 0.05) is 11.1 Å². The number of thiazole rings is 1. The van der Waals surface area contributed by atoms with Crippen LogP contribution in [-0.2, 0) is 23.5 Å². The second kappa shape index (κ2) is 10.6. The van der Waals surface area contributed by atoms with E-state index in [0.717, 1.165) is 47.4 Å². The van der Waals surface area contributed by atoms with Crippen LogP contribution in [0.15, 0.2) is 53.1 Å². The molecule has 0 aliphatic heterocycles. The van der Waals surface area contributed by atoms with Gasteiger partial charge in [0.05, 0.1) is 17.2 Å². The minimum atomic E-state index is -4.66. The summed E-state index contributed by atoms with van der Waals surface area (Å²) >= 11 is 1.20. The lowest BCUT2D eigenvalue weighted by atomic mass is 9.87. The smallest absolute Gasteiger partial charge is 0.352 e. The molecule has 210 valence electrons. The van der Waals surface area contributed by atoms with Crippen LogP contribution >= 0.6 is 19.9 Å². The van der Waals surface area contributed by atoms with Crippen LogP contribution in [0.2, 0.25) is 0 Å². The van der Waals surface area contributed by atoms with E-state index in [0.29, 0.717) is 18.4 Å². The SMILES string of the molecule is NC1(CCOP(O)O)CCC(c2ccc3c(c2)CCc2nc(-c4onc(-c5ccccc5)c4C(F)(F)F)sc2-3)C1. The number of aryl methyl sites for hydroxylation is 2. The molecule has 0 bridgehead atoms. The molecule has 6 rings (SSSR count). The van der Waals surface area contributed by atoms with Gasteiger partial charge in [-0.05, 0) is 61.1 Å². The van der Waals surface area contributed by atoms with Crippen LogP contribution in [0.1, 0.15) is 54.0 Å². The number of nitrogens with two attached hydrogens (primary N) is 1. The van der Waals surface area contributed by atoms with Crippen LogP contribution in [0.5, 0.6) is 0 Å². The second-order valence-electron chi connectivity index (χ2n) is 10.4. The molecule has 0 radical (unpaired) electrons. The second-order valence-corrected chi connectivity index (χ2v) is 12.2. The predicted molar refractivity (Wildman–Crippen MR) is 146 cm³/mol. The third-order valence-corrected chi connectivity index (χ3v) is 9.38. The minimum absolute atomic E-state index is 0.171. The highest BCUT2D eigenvalue weighted by Gasteiger charge is 2.42. The van der Waals surface area contributed by atoms with Gasteiger partial charge in [0.1, 0.15) is 11.3 Å². The van der Waals surface area contributed by atoms with Crippen molar-refractivity contribution >= 4 is 19.9 Å². The molecule has 2 aromatic heterocycles. The van der Waals surface area contributed by atoms with Gasteiger partial charge in [0.2, 0.25) is 5.76 Å². The highest BCUT2D eigenvalue weighted by molar-refractivity contribution is 7.39. The number of rotatable bonds is 7. The summed E-state index contributed by atoms with van der Waals surface area (Å²) in [5.74, 6) is -0.0773. The van der Waals surface area contributed by atoms with Crippen molar-refractivity contribution in [3.63, 3.8) is 0 Å². The average Bonchev–Trinajstić information content (AvgIpc) is 3.65. The molecule has 40 heavy (non-hydrogen) atoms. The molecular weight excluding hydrogens is 562 g/mol. The Bertz CT molecular complexity index is 1520. The Labute approximate surface area is 233 Å². The number of halogens is 3. The number of alkyl halides is 3. The van der Waals surface area contributed by atoms with Crippen molar-refractivity contribution in [3.8, 4) is 32.5 Å². The van der Waals surface area contributed by atoms with Gasteiger partial charge in [0.15, 0.2) is 5.01 Å². The fraction of sp³-hybridized carbons (Fsp3) is 0.357. The van der Waals surface area contributed by atoms with Gasteiger partial charge in [-0.15, -0.1) is 11.3 Å². The zero-order valence-corrected chi connectivity index (χ0v) is 23.0. The summed E-state index contributed by atoms with van der Waals surface area (Å²) in [7, 11) is -2.38. The summed E-state index contributed by atoms with van der Waals surface area (Å²) in [6.45, 7) is 0.205. The molecule has 1 fully saturated rings. The molecular formula is C28H27F3N3O4PS.